The molecule has 0 aliphatic carbocycles. The summed E-state index contributed by atoms with van der Waals surface area (Å²) in [6, 6.07) is 7.97. The zero-order valence-electron chi connectivity index (χ0n) is 9.74. The van der Waals surface area contributed by atoms with Gasteiger partial charge in [-0.2, -0.15) is 0 Å². The monoisotopic (exact) mass is 294 g/mol. The molecule has 0 saturated heterocycles. The van der Waals surface area contributed by atoms with Gasteiger partial charge in [-0.1, -0.05) is 15.9 Å². The molecule has 4 heteroatoms. The Labute approximate surface area is 109 Å². The zero-order chi connectivity index (χ0) is 12.3. The van der Waals surface area contributed by atoms with E-state index in [9.17, 15) is 0 Å². The van der Waals surface area contributed by atoms with Crippen LogP contribution < -0.4 is 10.5 Å². The van der Waals surface area contributed by atoms with Crippen LogP contribution in [0.25, 0.3) is 10.9 Å². The lowest BCUT2D eigenvalue weighted by Crippen LogP contribution is -2.06. The number of halogens is 1. The van der Waals surface area contributed by atoms with Crippen LogP contribution in [0.3, 0.4) is 0 Å². The molecular formula is C13H15BrN2O. The van der Waals surface area contributed by atoms with Crippen molar-refractivity contribution in [2.75, 3.05) is 13.2 Å². The quantitative estimate of drug-likeness (QED) is 0.882. The summed E-state index contributed by atoms with van der Waals surface area (Å²) in [6.07, 6.45) is 0.851. The van der Waals surface area contributed by atoms with Crippen molar-refractivity contribution in [2.45, 2.75) is 13.3 Å². The lowest BCUT2D eigenvalue weighted by Gasteiger charge is -2.09. The van der Waals surface area contributed by atoms with Crippen molar-refractivity contribution >= 4 is 26.8 Å². The highest BCUT2D eigenvalue weighted by molar-refractivity contribution is 9.10. The average Bonchev–Trinajstić information content (AvgIpc) is 2.32. The number of aryl methyl sites for hydroxylation is 1. The number of hydrogen-bond donors (Lipinski definition) is 1. The van der Waals surface area contributed by atoms with E-state index in [2.05, 4.69) is 27.0 Å². The van der Waals surface area contributed by atoms with E-state index < -0.39 is 0 Å². The first kappa shape index (κ1) is 12.3. The molecule has 2 N–H and O–H groups in total. The van der Waals surface area contributed by atoms with Crippen LogP contribution in [0.5, 0.6) is 5.75 Å². The van der Waals surface area contributed by atoms with E-state index in [1.165, 1.54) is 0 Å². The smallest absolute Gasteiger partial charge is 0.145 e. The Morgan fingerprint density at radius 2 is 2.12 bits per heavy atom. The zero-order valence-corrected chi connectivity index (χ0v) is 11.3. The van der Waals surface area contributed by atoms with Gasteiger partial charge in [-0.05, 0) is 44.2 Å². The molecule has 0 bridgehead atoms. The second-order valence-corrected chi connectivity index (χ2v) is 4.74. The van der Waals surface area contributed by atoms with Crippen molar-refractivity contribution in [1.29, 1.82) is 0 Å². The summed E-state index contributed by atoms with van der Waals surface area (Å²) in [7, 11) is 0. The number of hydrogen-bond acceptors (Lipinski definition) is 3. The largest absolute Gasteiger partial charge is 0.491 e. The van der Waals surface area contributed by atoms with E-state index in [4.69, 9.17) is 10.5 Å². The van der Waals surface area contributed by atoms with E-state index in [1.54, 1.807) is 0 Å². The second-order valence-electron chi connectivity index (χ2n) is 3.89. The highest BCUT2D eigenvalue weighted by Gasteiger charge is 2.07. The lowest BCUT2D eigenvalue weighted by molar-refractivity contribution is 0.316. The number of aromatic nitrogens is 1. The first-order chi connectivity index (χ1) is 8.22. The molecule has 17 heavy (non-hydrogen) atoms. The SMILES string of the molecule is Cc1ccc2c(Br)ccc(OCCCN)c2n1. The van der Waals surface area contributed by atoms with E-state index in [-0.39, 0.29) is 0 Å². The molecule has 0 amide bonds. The maximum atomic E-state index is 5.71. The molecule has 0 spiro atoms. The van der Waals surface area contributed by atoms with Crippen LogP contribution in [-0.4, -0.2) is 18.1 Å². The van der Waals surface area contributed by atoms with E-state index in [0.29, 0.717) is 13.2 Å². The summed E-state index contributed by atoms with van der Waals surface area (Å²) in [5.74, 6) is 0.820. The summed E-state index contributed by atoms with van der Waals surface area (Å²) < 4.78 is 6.74. The van der Waals surface area contributed by atoms with Crippen LogP contribution in [0.4, 0.5) is 0 Å². The second kappa shape index (κ2) is 5.47. The van der Waals surface area contributed by atoms with Gasteiger partial charge in [-0.3, -0.25) is 0 Å². The molecule has 0 atom stereocenters. The molecule has 1 heterocycles. The molecule has 0 fully saturated rings. The molecule has 1 aromatic heterocycles. The Kier molecular flexibility index (Phi) is 3.97. The first-order valence-electron chi connectivity index (χ1n) is 5.61. The number of benzene rings is 1. The Bertz CT molecular complexity index is 528. The van der Waals surface area contributed by atoms with Crippen LogP contribution in [0, 0.1) is 6.92 Å². The number of nitrogens with two attached hydrogens (primary N) is 1. The average molecular weight is 295 g/mol. The molecule has 0 aliphatic rings. The molecule has 1 aromatic carbocycles. The summed E-state index contributed by atoms with van der Waals surface area (Å²) in [5, 5.41) is 1.07. The Hall–Kier alpha value is -1.13. The van der Waals surface area contributed by atoms with Crippen molar-refractivity contribution in [3.8, 4) is 5.75 Å². The highest BCUT2D eigenvalue weighted by atomic mass is 79.9. The maximum absolute atomic E-state index is 5.71. The minimum Gasteiger partial charge on any atom is -0.491 e. The number of pyridine rings is 1. The fourth-order valence-corrected chi connectivity index (χ4v) is 2.09. The van der Waals surface area contributed by atoms with Gasteiger partial charge in [0, 0.05) is 15.6 Å². The third kappa shape index (κ3) is 2.76. The molecule has 3 nitrogen and oxygen atoms in total. The standard InChI is InChI=1S/C13H15BrN2O/c1-9-3-4-10-11(14)5-6-12(13(10)16-9)17-8-2-7-15/h3-6H,2,7-8,15H2,1H3. The van der Waals surface area contributed by atoms with Crippen LogP contribution in [0.15, 0.2) is 28.7 Å². The van der Waals surface area contributed by atoms with Crippen LogP contribution in [0.2, 0.25) is 0 Å². The topological polar surface area (TPSA) is 48.1 Å². The van der Waals surface area contributed by atoms with E-state index in [0.717, 1.165) is 33.2 Å². The molecule has 0 aliphatic heterocycles. The molecule has 0 radical (unpaired) electrons. The van der Waals surface area contributed by atoms with Gasteiger partial charge in [-0.15, -0.1) is 0 Å². The van der Waals surface area contributed by atoms with Crippen molar-refractivity contribution in [1.82, 2.24) is 4.98 Å². The van der Waals surface area contributed by atoms with Crippen LogP contribution >= 0.6 is 15.9 Å². The normalized spacial score (nSPS) is 10.8. The molecule has 2 aromatic rings. The van der Waals surface area contributed by atoms with Gasteiger partial charge >= 0.3 is 0 Å². The number of nitrogens with zero attached hydrogens (tertiary/aromatic N) is 1. The van der Waals surface area contributed by atoms with Crippen molar-refractivity contribution in [3.63, 3.8) is 0 Å². The maximum Gasteiger partial charge on any atom is 0.145 e. The molecular weight excluding hydrogens is 280 g/mol. The van der Waals surface area contributed by atoms with Gasteiger partial charge in [0.1, 0.15) is 11.3 Å². The van der Waals surface area contributed by atoms with Crippen LogP contribution in [0.1, 0.15) is 12.1 Å². The fraction of sp³-hybridized carbons (Fsp3) is 0.308. The molecule has 90 valence electrons. The molecule has 0 saturated carbocycles. The van der Waals surface area contributed by atoms with E-state index >= 15 is 0 Å². The van der Waals surface area contributed by atoms with Crippen LogP contribution in [-0.2, 0) is 0 Å². The van der Waals surface area contributed by atoms with Gasteiger partial charge in [-0.25, -0.2) is 4.98 Å². The number of fused-ring (bicyclic) bond motifs is 1. The van der Waals surface area contributed by atoms with Gasteiger partial charge in [0.2, 0.25) is 0 Å². The predicted molar refractivity (Wildman–Crippen MR) is 73.3 cm³/mol. The van der Waals surface area contributed by atoms with Gasteiger partial charge < -0.3 is 10.5 Å². The Morgan fingerprint density at radius 1 is 1.29 bits per heavy atom. The summed E-state index contributed by atoms with van der Waals surface area (Å²) in [6.45, 7) is 3.24. The third-order valence-corrected chi connectivity index (χ3v) is 3.20. The Morgan fingerprint density at radius 3 is 2.88 bits per heavy atom. The summed E-state index contributed by atoms with van der Waals surface area (Å²) in [5.41, 5.74) is 7.34. The lowest BCUT2D eigenvalue weighted by atomic mass is 10.2. The van der Waals surface area contributed by atoms with Crippen molar-refractivity contribution in [3.05, 3.63) is 34.4 Å². The minimum absolute atomic E-state index is 0.628. The van der Waals surface area contributed by atoms with Gasteiger partial charge in [0.05, 0.1) is 6.61 Å². The summed E-state index contributed by atoms with van der Waals surface area (Å²) in [4.78, 5) is 4.53. The minimum atomic E-state index is 0.628. The Balaban J connectivity index is 2.41. The third-order valence-electron chi connectivity index (χ3n) is 2.51. The first-order valence-corrected chi connectivity index (χ1v) is 6.40. The summed E-state index contributed by atoms with van der Waals surface area (Å²) >= 11 is 3.52. The molecule has 0 unspecified atom stereocenters. The number of rotatable bonds is 4. The highest BCUT2D eigenvalue weighted by Crippen LogP contribution is 2.30. The van der Waals surface area contributed by atoms with Crippen molar-refractivity contribution < 1.29 is 4.74 Å². The van der Waals surface area contributed by atoms with E-state index in [1.807, 2.05) is 25.1 Å². The number of ether oxygens (including phenoxy) is 1. The van der Waals surface area contributed by atoms with Gasteiger partial charge in [0.15, 0.2) is 0 Å². The predicted octanol–water partition coefficient (Wildman–Crippen LogP) is 3.03. The molecule has 2 rings (SSSR count). The van der Waals surface area contributed by atoms with Gasteiger partial charge in [0.25, 0.3) is 0 Å². The van der Waals surface area contributed by atoms with Crippen molar-refractivity contribution in [2.24, 2.45) is 5.73 Å². The fourth-order valence-electron chi connectivity index (χ4n) is 1.64.